The number of hydrogen-bond acceptors (Lipinski definition) is 6. The fourth-order valence-corrected chi connectivity index (χ4v) is 3.73. The van der Waals surface area contributed by atoms with Gasteiger partial charge in [0.05, 0.1) is 10.3 Å². The molecule has 2 aromatic heterocycles. The lowest BCUT2D eigenvalue weighted by atomic mass is 10.3. The number of nitro groups is 1. The molecule has 0 aliphatic heterocycles. The maximum absolute atomic E-state index is 12.6. The van der Waals surface area contributed by atoms with Crippen molar-refractivity contribution in [3.63, 3.8) is 0 Å². The monoisotopic (exact) mass is 390 g/mol. The molecular formula is C16H14N4O4S2. The topological polar surface area (TPSA) is 110 Å². The molecule has 2 N–H and O–H groups in total. The van der Waals surface area contributed by atoms with Crippen LogP contribution in [0.5, 0.6) is 0 Å². The van der Waals surface area contributed by atoms with Gasteiger partial charge in [0.1, 0.15) is 11.4 Å². The maximum Gasteiger partial charge on any atom is 0.269 e. The summed E-state index contributed by atoms with van der Waals surface area (Å²) in [5.74, 6) is -0.453. The fourth-order valence-electron chi connectivity index (χ4n) is 2.42. The van der Waals surface area contributed by atoms with Gasteiger partial charge in [-0.05, 0) is 36.8 Å². The van der Waals surface area contributed by atoms with Crippen molar-refractivity contribution in [2.75, 3.05) is 5.32 Å². The molecular weight excluding hydrogens is 376 g/mol. The Labute approximate surface area is 156 Å². The minimum Gasteiger partial charge on any atom is -0.325 e. The van der Waals surface area contributed by atoms with Crippen molar-refractivity contribution in [1.82, 2.24) is 9.55 Å². The number of H-pyrrole nitrogens is 1. The molecule has 3 rings (SSSR count). The molecule has 1 aromatic carbocycles. The molecule has 0 saturated heterocycles. The Bertz CT molecular complexity index is 1110. The summed E-state index contributed by atoms with van der Waals surface area (Å²) in [6.45, 7) is 1.74. The van der Waals surface area contributed by atoms with Crippen LogP contribution in [0.2, 0.25) is 0 Å². The van der Waals surface area contributed by atoms with Gasteiger partial charge in [-0.25, -0.2) is 0 Å². The summed E-state index contributed by atoms with van der Waals surface area (Å²) in [6, 6.07) is 7.23. The number of fused-ring (bicyclic) bond motifs is 1. The Kier molecular flexibility index (Phi) is 4.96. The molecule has 3 aromatic rings. The van der Waals surface area contributed by atoms with E-state index in [-0.39, 0.29) is 22.6 Å². The summed E-state index contributed by atoms with van der Waals surface area (Å²) in [7, 11) is 0. The summed E-state index contributed by atoms with van der Waals surface area (Å²) in [6.07, 6.45) is 0.806. The quantitative estimate of drug-likeness (QED) is 0.395. The van der Waals surface area contributed by atoms with E-state index >= 15 is 0 Å². The highest BCUT2D eigenvalue weighted by Gasteiger charge is 2.13. The number of rotatable bonds is 5. The highest BCUT2D eigenvalue weighted by atomic mass is 32.1. The summed E-state index contributed by atoms with van der Waals surface area (Å²) in [5.41, 5.74) is 0.00303. The number of benzene rings is 1. The predicted octanol–water partition coefficient (Wildman–Crippen LogP) is 3.23. The summed E-state index contributed by atoms with van der Waals surface area (Å²) < 4.78 is 1.37. The van der Waals surface area contributed by atoms with Crippen molar-refractivity contribution < 1.29 is 9.72 Å². The van der Waals surface area contributed by atoms with Crippen LogP contribution in [-0.4, -0.2) is 20.4 Å². The van der Waals surface area contributed by atoms with Crippen LogP contribution < -0.4 is 10.9 Å². The molecule has 0 bridgehead atoms. The molecule has 2 heterocycles. The molecule has 1 amide bonds. The van der Waals surface area contributed by atoms with Crippen LogP contribution in [0, 0.1) is 14.9 Å². The molecule has 0 spiro atoms. The van der Waals surface area contributed by atoms with Crippen molar-refractivity contribution in [2.45, 2.75) is 19.9 Å². The van der Waals surface area contributed by atoms with Gasteiger partial charge in [-0.3, -0.25) is 24.3 Å². The maximum atomic E-state index is 12.6. The average Bonchev–Trinajstić information content (AvgIpc) is 3.02. The van der Waals surface area contributed by atoms with Gasteiger partial charge in [-0.1, -0.05) is 6.92 Å². The average molecular weight is 390 g/mol. The molecule has 0 saturated carbocycles. The lowest BCUT2D eigenvalue weighted by molar-refractivity contribution is -0.384. The number of nitro benzene ring substituents is 1. The Morgan fingerprint density at radius 1 is 1.38 bits per heavy atom. The number of carbonyl (C=O) groups is 1. The number of nitrogens with zero attached hydrogens (tertiary/aromatic N) is 2. The molecule has 134 valence electrons. The Morgan fingerprint density at radius 2 is 2.08 bits per heavy atom. The predicted molar refractivity (Wildman–Crippen MR) is 102 cm³/mol. The summed E-state index contributed by atoms with van der Waals surface area (Å²) in [5, 5.41) is 13.7. The second-order valence-corrected chi connectivity index (χ2v) is 7.01. The first kappa shape index (κ1) is 18.0. The second-order valence-electron chi connectivity index (χ2n) is 5.48. The second kappa shape index (κ2) is 7.18. The molecule has 0 aliphatic rings. The lowest BCUT2D eigenvalue weighted by Gasteiger charge is -2.08. The number of aromatic nitrogens is 2. The summed E-state index contributed by atoms with van der Waals surface area (Å²) in [4.78, 5) is 39.7. The van der Waals surface area contributed by atoms with E-state index in [0.717, 1.165) is 11.3 Å². The van der Waals surface area contributed by atoms with E-state index in [9.17, 15) is 19.7 Å². The van der Waals surface area contributed by atoms with E-state index in [1.165, 1.54) is 40.2 Å². The van der Waals surface area contributed by atoms with Crippen LogP contribution in [-0.2, 0) is 17.8 Å². The van der Waals surface area contributed by atoms with Gasteiger partial charge in [0, 0.05) is 22.7 Å². The van der Waals surface area contributed by atoms with Crippen LogP contribution >= 0.6 is 23.6 Å². The number of thiophene rings is 1. The molecule has 0 radical (unpaired) electrons. The molecule has 0 fully saturated rings. The van der Waals surface area contributed by atoms with Gasteiger partial charge in [0.25, 0.3) is 11.2 Å². The van der Waals surface area contributed by atoms with E-state index in [1.807, 2.05) is 6.92 Å². The normalized spacial score (nSPS) is 10.8. The number of nitrogens with one attached hydrogen (secondary N) is 2. The number of aryl methyl sites for hydroxylation is 1. The molecule has 0 unspecified atom stereocenters. The van der Waals surface area contributed by atoms with Crippen molar-refractivity contribution in [3.8, 4) is 0 Å². The van der Waals surface area contributed by atoms with Gasteiger partial charge in [0.2, 0.25) is 5.91 Å². The zero-order valence-electron chi connectivity index (χ0n) is 13.6. The standard InChI is InChI=1S/C16H14N4O4S2/c1-2-11-7-12-14(26-11)18-16(25)19(15(12)22)8-13(21)17-9-3-5-10(6-4-9)20(23)24/h3-7H,2,8H2,1H3,(H,17,21)(H,18,25). The first-order valence-electron chi connectivity index (χ1n) is 7.69. The van der Waals surface area contributed by atoms with E-state index in [4.69, 9.17) is 12.2 Å². The first-order chi connectivity index (χ1) is 12.4. The van der Waals surface area contributed by atoms with Gasteiger partial charge in [-0.2, -0.15) is 0 Å². The number of aromatic amines is 1. The minimum absolute atomic E-state index is 0.0729. The Morgan fingerprint density at radius 3 is 2.69 bits per heavy atom. The third-order valence-electron chi connectivity index (χ3n) is 3.74. The smallest absolute Gasteiger partial charge is 0.269 e. The van der Waals surface area contributed by atoms with Gasteiger partial charge in [-0.15, -0.1) is 11.3 Å². The number of non-ortho nitro benzene ring substituents is 1. The van der Waals surface area contributed by atoms with Crippen LogP contribution in [0.3, 0.4) is 0 Å². The molecule has 8 nitrogen and oxygen atoms in total. The van der Waals surface area contributed by atoms with Crippen molar-refractivity contribution in [3.05, 3.63) is 60.4 Å². The third kappa shape index (κ3) is 3.55. The van der Waals surface area contributed by atoms with E-state index in [2.05, 4.69) is 10.3 Å². The molecule has 0 aliphatic carbocycles. The minimum atomic E-state index is -0.523. The SMILES string of the molecule is CCc1cc2c(=O)n(CC(=O)Nc3ccc([N+](=O)[O-])cc3)c(=S)[nH]c2s1. The Hall–Kier alpha value is -2.85. The molecule has 0 atom stereocenters. The van der Waals surface area contributed by atoms with E-state index in [1.54, 1.807) is 6.07 Å². The number of hydrogen-bond donors (Lipinski definition) is 2. The highest BCUT2D eigenvalue weighted by Crippen LogP contribution is 2.21. The third-order valence-corrected chi connectivity index (χ3v) is 5.25. The van der Waals surface area contributed by atoms with E-state index < -0.39 is 10.8 Å². The van der Waals surface area contributed by atoms with Crippen molar-refractivity contribution in [1.29, 1.82) is 0 Å². The van der Waals surface area contributed by atoms with Gasteiger partial charge in [0.15, 0.2) is 4.77 Å². The van der Waals surface area contributed by atoms with Crippen molar-refractivity contribution in [2.24, 2.45) is 0 Å². The lowest BCUT2D eigenvalue weighted by Crippen LogP contribution is -2.28. The first-order valence-corrected chi connectivity index (χ1v) is 8.91. The molecule has 26 heavy (non-hydrogen) atoms. The van der Waals surface area contributed by atoms with Crippen molar-refractivity contribution >= 4 is 51.1 Å². The van der Waals surface area contributed by atoms with Gasteiger partial charge < -0.3 is 10.3 Å². The van der Waals surface area contributed by atoms with Gasteiger partial charge >= 0.3 is 0 Å². The fraction of sp³-hybridized carbons (Fsp3) is 0.188. The van der Waals surface area contributed by atoms with E-state index in [0.29, 0.717) is 15.9 Å². The zero-order valence-corrected chi connectivity index (χ0v) is 15.3. The number of carbonyl (C=O) groups excluding carboxylic acids is 1. The summed E-state index contributed by atoms with van der Waals surface area (Å²) >= 11 is 6.67. The number of anilines is 1. The van der Waals surface area contributed by atoms with Crippen LogP contribution in [0.4, 0.5) is 11.4 Å². The Balaban J connectivity index is 1.84. The largest absolute Gasteiger partial charge is 0.325 e. The zero-order chi connectivity index (χ0) is 18.8. The molecule has 10 heteroatoms. The van der Waals surface area contributed by atoms with Crippen LogP contribution in [0.15, 0.2) is 35.1 Å². The highest BCUT2D eigenvalue weighted by molar-refractivity contribution is 7.71. The number of amides is 1. The van der Waals surface area contributed by atoms with Crippen LogP contribution in [0.1, 0.15) is 11.8 Å². The van der Waals surface area contributed by atoms with Crippen LogP contribution in [0.25, 0.3) is 10.2 Å².